The molecule has 1 saturated heterocycles. The molecule has 1 saturated carbocycles. The summed E-state index contributed by atoms with van der Waals surface area (Å²) < 4.78 is 5.48. The standard InChI is InChI=1S/C26H37N5O2/c32-12-11-27-21-4-6-22(7-5-21)30-25-15-23-20(17-29-25)2-1-19-3-8-24(31-26(19)23)28-16-18-9-13-33-14-10-18/h3,8,15,17-18,21-22,27,32H,1-2,4-7,9-14,16H2,(H,28,31)(H,29,30). The van der Waals surface area contributed by atoms with Crippen LogP contribution in [0.3, 0.4) is 0 Å². The van der Waals surface area contributed by atoms with Crippen LogP contribution in [0.2, 0.25) is 0 Å². The van der Waals surface area contributed by atoms with Gasteiger partial charge in [0.25, 0.3) is 0 Å². The maximum absolute atomic E-state index is 9.02. The fourth-order valence-corrected chi connectivity index (χ4v) is 5.39. The Labute approximate surface area is 196 Å². The van der Waals surface area contributed by atoms with Gasteiger partial charge in [0, 0.05) is 50.1 Å². The van der Waals surface area contributed by atoms with Gasteiger partial charge in [-0.15, -0.1) is 0 Å². The SMILES string of the molecule is OCCNC1CCC(Nc2cc3c(cn2)CCc2ccc(NCC4CCOCC4)nc2-3)CC1. The molecule has 1 aliphatic heterocycles. The minimum absolute atomic E-state index is 0.208. The highest BCUT2D eigenvalue weighted by Crippen LogP contribution is 2.34. The zero-order valence-corrected chi connectivity index (χ0v) is 19.5. The highest BCUT2D eigenvalue weighted by Gasteiger charge is 2.23. The number of rotatable bonds is 8. The third-order valence-electron chi connectivity index (χ3n) is 7.42. The van der Waals surface area contributed by atoms with Gasteiger partial charge in [0.15, 0.2) is 0 Å². The van der Waals surface area contributed by atoms with Crippen molar-refractivity contribution in [2.75, 3.05) is 43.5 Å². The van der Waals surface area contributed by atoms with Crippen LogP contribution in [0, 0.1) is 5.92 Å². The predicted molar refractivity (Wildman–Crippen MR) is 132 cm³/mol. The molecule has 7 nitrogen and oxygen atoms in total. The zero-order chi connectivity index (χ0) is 22.5. The molecular formula is C26H37N5O2. The van der Waals surface area contributed by atoms with Crippen LogP contribution < -0.4 is 16.0 Å². The van der Waals surface area contributed by atoms with Gasteiger partial charge in [0.1, 0.15) is 11.6 Å². The van der Waals surface area contributed by atoms with E-state index in [0.717, 1.165) is 88.5 Å². The minimum atomic E-state index is 0.208. The summed E-state index contributed by atoms with van der Waals surface area (Å²) in [6.07, 6.45) is 10.8. The van der Waals surface area contributed by atoms with Gasteiger partial charge in [-0.25, -0.2) is 9.97 Å². The van der Waals surface area contributed by atoms with Gasteiger partial charge in [-0.2, -0.15) is 0 Å². The van der Waals surface area contributed by atoms with Crippen LogP contribution in [0.25, 0.3) is 11.3 Å². The first-order chi connectivity index (χ1) is 16.3. The summed E-state index contributed by atoms with van der Waals surface area (Å²) in [6, 6.07) is 7.55. The average molecular weight is 452 g/mol. The Hall–Kier alpha value is -2.22. The molecule has 0 radical (unpaired) electrons. The molecule has 0 amide bonds. The first kappa shape index (κ1) is 22.6. The maximum Gasteiger partial charge on any atom is 0.126 e. The van der Waals surface area contributed by atoms with Crippen molar-refractivity contribution < 1.29 is 9.84 Å². The minimum Gasteiger partial charge on any atom is -0.395 e. The molecule has 0 atom stereocenters. The lowest BCUT2D eigenvalue weighted by Crippen LogP contribution is -2.38. The Bertz CT molecular complexity index is 923. The van der Waals surface area contributed by atoms with Gasteiger partial charge in [-0.1, -0.05) is 6.07 Å². The topological polar surface area (TPSA) is 91.3 Å². The van der Waals surface area contributed by atoms with E-state index < -0.39 is 0 Å². The summed E-state index contributed by atoms with van der Waals surface area (Å²) in [6.45, 7) is 3.61. The van der Waals surface area contributed by atoms with Crippen LogP contribution in [0.5, 0.6) is 0 Å². The zero-order valence-electron chi connectivity index (χ0n) is 19.5. The molecule has 5 rings (SSSR count). The van der Waals surface area contributed by atoms with Crippen molar-refractivity contribution in [3.05, 3.63) is 35.5 Å². The predicted octanol–water partition coefficient (Wildman–Crippen LogP) is 3.39. The molecular weight excluding hydrogens is 414 g/mol. The number of aryl methyl sites for hydroxylation is 2. The van der Waals surface area contributed by atoms with Crippen molar-refractivity contribution in [2.24, 2.45) is 5.92 Å². The lowest BCUT2D eigenvalue weighted by molar-refractivity contribution is 0.0699. The van der Waals surface area contributed by atoms with Crippen LogP contribution in [-0.4, -0.2) is 60.1 Å². The summed E-state index contributed by atoms with van der Waals surface area (Å²) in [4.78, 5) is 9.77. The number of nitrogens with zero attached hydrogens (tertiary/aromatic N) is 2. The second-order valence-corrected chi connectivity index (χ2v) is 9.74. The Balaban J connectivity index is 1.25. The number of hydrogen-bond acceptors (Lipinski definition) is 7. The Morgan fingerprint density at radius 2 is 1.73 bits per heavy atom. The second kappa shape index (κ2) is 10.8. The number of ether oxygens (including phenoxy) is 1. The van der Waals surface area contributed by atoms with Gasteiger partial charge in [0.2, 0.25) is 0 Å². The monoisotopic (exact) mass is 451 g/mol. The summed E-state index contributed by atoms with van der Waals surface area (Å²) in [5.41, 5.74) is 4.95. The third kappa shape index (κ3) is 5.65. The van der Waals surface area contributed by atoms with Crippen molar-refractivity contribution in [3.63, 3.8) is 0 Å². The van der Waals surface area contributed by atoms with Gasteiger partial charge < -0.3 is 25.8 Å². The van der Waals surface area contributed by atoms with E-state index in [1.54, 1.807) is 0 Å². The lowest BCUT2D eigenvalue weighted by Gasteiger charge is -2.30. The molecule has 33 heavy (non-hydrogen) atoms. The molecule has 0 spiro atoms. The molecule has 3 heterocycles. The van der Waals surface area contributed by atoms with Crippen LogP contribution in [0.15, 0.2) is 24.4 Å². The van der Waals surface area contributed by atoms with Crippen molar-refractivity contribution in [1.29, 1.82) is 0 Å². The summed E-state index contributed by atoms with van der Waals surface area (Å²) in [7, 11) is 0. The van der Waals surface area contributed by atoms with E-state index in [1.807, 2.05) is 6.20 Å². The van der Waals surface area contributed by atoms with E-state index in [0.29, 0.717) is 24.5 Å². The average Bonchev–Trinajstić information content (AvgIpc) is 2.87. The number of aliphatic hydroxyl groups is 1. The number of aromatic nitrogens is 2. The highest BCUT2D eigenvalue weighted by atomic mass is 16.5. The molecule has 7 heteroatoms. The van der Waals surface area contributed by atoms with E-state index in [1.165, 1.54) is 16.7 Å². The van der Waals surface area contributed by atoms with Gasteiger partial charge in [-0.05, 0) is 80.5 Å². The molecule has 2 aliphatic carbocycles. The third-order valence-corrected chi connectivity index (χ3v) is 7.42. The van der Waals surface area contributed by atoms with Crippen LogP contribution in [0.4, 0.5) is 11.6 Å². The first-order valence-corrected chi connectivity index (χ1v) is 12.7. The molecule has 4 N–H and O–H groups in total. The number of fused-ring (bicyclic) bond motifs is 3. The number of hydrogen-bond donors (Lipinski definition) is 4. The highest BCUT2D eigenvalue weighted by molar-refractivity contribution is 5.73. The maximum atomic E-state index is 9.02. The van der Waals surface area contributed by atoms with Crippen LogP contribution in [0.1, 0.15) is 49.7 Å². The molecule has 3 aliphatic rings. The van der Waals surface area contributed by atoms with E-state index in [-0.39, 0.29) is 6.61 Å². The molecule has 2 aromatic rings. The number of pyridine rings is 2. The van der Waals surface area contributed by atoms with Crippen molar-refractivity contribution in [1.82, 2.24) is 15.3 Å². The first-order valence-electron chi connectivity index (χ1n) is 12.7. The number of nitrogens with one attached hydrogen (secondary N) is 3. The lowest BCUT2D eigenvalue weighted by atomic mass is 9.89. The summed E-state index contributed by atoms with van der Waals surface area (Å²) in [5.74, 6) is 2.58. The normalized spacial score (nSPS) is 22.9. The summed E-state index contributed by atoms with van der Waals surface area (Å²) >= 11 is 0. The fraction of sp³-hybridized carbons (Fsp3) is 0.615. The van der Waals surface area contributed by atoms with Gasteiger partial charge in [0.05, 0.1) is 12.3 Å². The van der Waals surface area contributed by atoms with Crippen LogP contribution in [-0.2, 0) is 17.6 Å². The number of anilines is 2. The molecule has 2 fully saturated rings. The van der Waals surface area contributed by atoms with Gasteiger partial charge in [-0.3, -0.25) is 0 Å². The second-order valence-electron chi connectivity index (χ2n) is 9.74. The Morgan fingerprint density at radius 3 is 2.55 bits per heavy atom. The fourth-order valence-electron chi connectivity index (χ4n) is 5.39. The van der Waals surface area contributed by atoms with E-state index in [4.69, 9.17) is 19.8 Å². The quantitative estimate of drug-likeness (QED) is 0.489. The molecule has 0 unspecified atom stereocenters. The van der Waals surface area contributed by atoms with E-state index in [2.05, 4.69) is 34.1 Å². The van der Waals surface area contributed by atoms with Crippen LogP contribution >= 0.6 is 0 Å². The van der Waals surface area contributed by atoms with Crippen molar-refractivity contribution >= 4 is 11.6 Å². The molecule has 0 aromatic carbocycles. The Morgan fingerprint density at radius 1 is 0.939 bits per heavy atom. The number of aliphatic hydroxyl groups excluding tert-OH is 1. The van der Waals surface area contributed by atoms with Gasteiger partial charge >= 0.3 is 0 Å². The summed E-state index contributed by atoms with van der Waals surface area (Å²) in [5, 5.41) is 19.7. The Kier molecular flexibility index (Phi) is 7.39. The van der Waals surface area contributed by atoms with E-state index in [9.17, 15) is 0 Å². The smallest absolute Gasteiger partial charge is 0.126 e. The van der Waals surface area contributed by atoms with E-state index >= 15 is 0 Å². The molecule has 2 aromatic heterocycles. The van der Waals surface area contributed by atoms with Crippen molar-refractivity contribution in [2.45, 2.75) is 63.5 Å². The van der Waals surface area contributed by atoms with Crippen molar-refractivity contribution in [3.8, 4) is 11.3 Å². The molecule has 0 bridgehead atoms. The molecule has 178 valence electrons. The largest absolute Gasteiger partial charge is 0.395 e.